The SMILES string of the molecule is CC(Sc1nc2c(cc1C#N)CCCC2)C(=O)N1CCCCCC1. The first kappa shape index (κ1) is 17.3. The van der Waals surface area contributed by atoms with E-state index in [-0.39, 0.29) is 11.2 Å². The zero-order chi connectivity index (χ0) is 16.9. The Bertz CT molecular complexity index is 645. The van der Waals surface area contributed by atoms with Crippen molar-refractivity contribution >= 4 is 17.7 Å². The first-order valence-corrected chi connectivity index (χ1v) is 9.95. The smallest absolute Gasteiger partial charge is 0.235 e. The number of aryl methyl sites for hydroxylation is 2. The summed E-state index contributed by atoms with van der Waals surface area (Å²) in [5.74, 6) is 0.185. The van der Waals surface area contributed by atoms with Crippen LogP contribution in [0.5, 0.6) is 0 Å². The number of likely N-dealkylation sites (tertiary alicyclic amines) is 1. The Morgan fingerprint density at radius 2 is 1.92 bits per heavy atom. The van der Waals surface area contributed by atoms with Crippen LogP contribution in [0.25, 0.3) is 0 Å². The number of nitriles is 1. The number of aromatic nitrogens is 1. The Morgan fingerprint density at radius 3 is 2.62 bits per heavy atom. The highest BCUT2D eigenvalue weighted by Gasteiger charge is 2.24. The monoisotopic (exact) mass is 343 g/mol. The number of carbonyl (C=O) groups excluding carboxylic acids is 1. The lowest BCUT2D eigenvalue weighted by Crippen LogP contribution is -2.37. The van der Waals surface area contributed by atoms with Gasteiger partial charge in [0.1, 0.15) is 11.1 Å². The summed E-state index contributed by atoms with van der Waals surface area (Å²) in [6, 6.07) is 4.26. The normalized spacial score (nSPS) is 19.1. The van der Waals surface area contributed by atoms with Crippen molar-refractivity contribution in [2.75, 3.05) is 13.1 Å². The summed E-state index contributed by atoms with van der Waals surface area (Å²) in [4.78, 5) is 19.5. The number of hydrogen-bond acceptors (Lipinski definition) is 4. The number of amides is 1. The van der Waals surface area contributed by atoms with Crippen LogP contribution >= 0.6 is 11.8 Å². The van der Waals surface area contributed by atoms with Crippen LogP contribution in [0.2, 0.25) is 0 Å². The van der Waals surface area contributed by atoms with Crippen LogP contribution in [0.1, 0.15) is 62.3 Å². The van der Waals surface area contributed by atoms with E-state index in [2.05, 4.69) is 6.07 Å². The van der Waals surface area contributed by atoms with Gasteiger partial charge in [-0.3, -0.25) is 4.79 Å². The van der Waals surface area contributed by atoms with Crippen molar-refractivity contribution in [3.05, 3.63) is 22.9 Å². The van der Waals surface area contributed by atoms with Crippen LogP contribution in [0, 0.1) is 11.3 Å². The molecular formula is C19H25N3OS. The first-order valence-electron chi connectivity index (χ1n) is 9.07. The number of pyridine rings is 1. The van der Waals surface area contributed by atoms with Gasteiger partial charge in [0.2, 0.25) is 5.91 Å². The van der Waals surface area contributed by atoms with Gasteiger partial charge in [-0.2, -0.15) is 5.26 Å². The summed E-state index contributed by atoms with van der Waals surface area (Å²) in [7, 11) is 0. The van der Waals surface area contributed by atoms with Gasteiger partial charge in [-0.05, 0) is 57.1 Å². The van der Waals surface area contributed by atoms with Gasteiger partial charge >= 0.3 is 0 Å². The third kappa shape index (κ3) is 3.92. The third-order valence-corrected chi connectivity index (χ3v) is 6.03. The molecule has 0 spiro atoms. The van der Waals surface area contributed by atoms with Crippen LogP contribution in [0.15, 0.2) is 11.1 Å². The third-order valence-electron chi connectivity index (χ3n) is 4.94. The van der Waals surface area contributed by atoms with Crippen LogP contribution in [0.4, 0.5) is 0 Å². The molecule has 1 atom stereocenters. The summed E-state index contributed by atoms with van der Waals surface area (Å²) in [5.41, 5.74) is 2.96. The summed E-state index contributed by atoms with van der Waals surface area (Å²) in [5, 5.41) is 10.00. The Balaban J connectivity index is 1.74. The van der Waals surface area contributed by atoms with Crippen LogP contribution < -0.4 is 0 Å². The summed E-state index contributed by atoms with van der Waals surface area (Å²) in [6.45, 7) is 3.68. The van der Waals surface area contributed by atoms with Gasteiger partial charge in [0.25, 0.3) is 0 Å². The molecular weight excluding hydrogens is 318 g/mol. The van der Waals surface area contributed by atoms with Crippen molar-refractivity contribution < 1.29 is 4.79 Å². The molecule has 0 radical (unpaired) electrons. The zero-order valence-electron chi connectivity index (χ0n) is 14.4. The van der Waals surface area contributed by atoms with E-state index in [1.807, 2.05) is 17.9 Å². The molecule has 1 amide bonds. The highest BCUT2D eigenvalue weighted by Crippen LogP contribution is 2.30. The minimum absolute atomic E-state index is 0.185. The fourth-order valence-corrected chi connectivity index (χ4v) is 4.53. The van der Waals surface area contributed by atoms with Crippen molar-refractivity contribution in [1.82, 2.24) is 9.88 Å². The standard InChI is InChI=1S/C19H25N3OS/c1-14(19(23)22-10-6-2-3-7-11-22)24-18-16(13-20)12-15-8-4-5-9-17(15)21-18/h12,14H,2-11H2,1H3. The molecule has 1 aromatic heterocycles. The van der Waals surface area contributed by atoms with E-state index in [9.17, 15) is 10.1 Å². The first-order chi connectivity index (χ1) is 11.7. The number of hydrogen-bond donors (Lipinski definition) is 0. The fraction of sp³-hybridized carbons (Fsp3) is 0.632. The molecule has 1 aromatic rings. The van der Waals surface area contributed by atoms with E-state index in [1.165, 1.54) is 36.6 Å². The van der Waals surface area contributed by atoms with Crippen LogP contribution in [-0.2, 0) is 17.6 Å². The van der Waals surface area contributed by atoms with E-state index in [4.69, 9.17) is 4.98 Å². The average molecular weight is 343 g/mol. The summed E-state index contributed by atoms with van der Waals surface area (Å²) >= 11 is 1.45. The van der Waals surface area contributed by atoms with E-state index in [0.29, 0.717) is 5.56 Å². The lowest BCUT2D eigenvalue weighted by molar-refractivity contribution is -0.130. The van der Waals surface area contributed by atoms with Gasteiger partial charge in [0, 0.05) is 18.8 Å². The maximum atomic E-state index is 12.7. The largest absolute Gasteiger partial charge is 0.342 e. The van der Waals surface area contributed by atoms with E-state index < -0.39 is 0 Å². The number of nitrogens with zero attached hydrogens (tertiary/aromatic N) is 3. The van der Waals surface area contributed by atoms with Gasteiger partial charge in [0.15, 0.2) is 0 Å². The minimum Gasteiger partial charge on any atom is -0.342 e. The minimum atomic E-state index is -0.190. The van der Waals surface area contributed by atoms with E-state index >= 15 is 0 Å². The molecule has 1 saturated heterocycles. The van der Waals surface area contributed by atoms with Gasteiger partial charge in [-0.25, -0.2) is 4.98 Å². The van der Waals surface area contributed by atoms with Crippen molar-refractivity contribution in [3.63, 3.8) is 0 Å². The summed E-state index contributed by atoms with van der Waals surface area (Å²) in [6.07, 6.45) is 8.99. The lowest BCUT2D eigenvalue weighted by Gasteiger charge is -2.24. The Kier molecular flexibility index (Phi) is 5.78. The second-order valence-electron chi connectivity index (χ2n) is 6.77. The number of fused-ring (bicyclic) bond motifs is 1. The van der Waals surface area contributed by atoms with Crippen molar-refractivity contribution in [3.8, 4) is 6.07 Å². The molecule has 0 N–H and O–H groups in total. The Morgan fingerprint density at radius 1 is 1.21 bits per heavy atom. The van der Waals surface area contributed by atoms with Gasteiger partial charge in [-0.1, -0.05) is 24.6 Å². The van der Waals surface area contributed by atoms with Gasteiger partial charge in [0.05, 0.1) is 10.8 Å². The molecule has 0 bridgehead atoms. The van der Waals surface area contributed by atoms with Crippen LogP contribution in [-0.4, -0.2) is 34.1 Å². The fourth-order valence-electron chi connectivity index (χ4n) is 3.55. The predicted octanol–water partition coefficient (Wildman–Crippen LogP) is 3.72. The molecule has 24 heavy (non-hydrogen) atoms. The summed E-state index contributed by atoms with van der Waals surface area (Å²) < 4.78 is 0. The highest BCUT2D eigenvalue weighted by atomic mass is 32.2. The average Bonchev–Trinajstić information content (AvgIpc) is 2.89. The molecule has 1 aliphatic heterocycles. The van der Waals surface area contributed by atoms with E-state index in [0.717, 1.165) is 55.9 Å². The molecule has 4 nitrogen and oxygen atoms in total. The number of carbonyl (C=O) groups is 1. The second kappa shape index (κ2) is 8.02. The topological polar surface area (TPSA) is 57.0 Å². The van der Waals surface area contributed by atoms with Crippen molar-refractivity contribution in [2.45, 2.75) is 68.6 Å². The predicted molar refractivity (Wildman–Crippen MR) is 96.0 cm³/mol. The van der Waals surface area contributed by atoms with Crippen molar-refractivity contribution in [1.29, 1.82) is 5.26 Å². The van der Waals surface area contributed by atoms with Gasteiger partial charge < -0.3 is 4.90 Å². The highest BCUT2D eigenvalue weighted by molar-refractivity contribution is 8.00. The molecule has 3 rings (SSSR count). The van der Waals surface area contributed by atoms with Crippen molar-refractivity contribution in [2.24, 2.45) is 0 Å². The quantitative estimate of drug-likeness (QED) is 0.785. The molecule has 0 aromatic carbocycles. The Labute approximate surface area is 148 Å². The number of rotatable bonds is 3. The molecule has 1 fully saturated rings. The maximum Gasteiger partial charge on any atom is 0.235 e. The lowest BCUT2D eigenvalue weighted by atomic mass is 9.95. The molecule has 128 valence electrons. The molecule has 0 saturated carbocycles. The molecule has 1 unspecified atom stereocenters. The van der Waals surface area contributed by atoms with E-state index in [1.54, 1.807) is 0 Å². The molecule has 2 aliphatic rings. The molecule has 2 heterocycles. The van der Waals surface area contributed by atoms with Crippen LogP contribution in [0.3, 0.4) is 0 Å². The number of thioether (sulfide) groups is 1. The maximum absolute atomic E-state index is 12.7. The van der Waals surface area contributed by atoms with Gasteiger partial charge in [-0.15, -0.1) is 0 Å². The Hall–Kier alpha value is -1.54. The second-order valence-corrected chi connectivity index (χ2v) is 8.09. The zero-order valence-corrected chi connectivity index (χ0v) is 15.2. The molecule has 1 aliphatic carbocycles. The molecule has 5 heteroatoms.